The van der Waals surface area contributed by atoms with Crippen molar-refractivity contribution >= 4 is 38.9 Å². The predicted molar refractivity (Wildman–Crippen MR) is 102 cm³/mol. The molecule has 1 heterocycles. The monoisotopic (exact) mass is 375 g/mol. The van der Waals surface area contributed by atoms with Gasteiger partial charge in [0.2, 0.25) is 0 Å². The van der Waals surface area contributed by atoms with E-state index in [0.717, 1.165) is 21.6 Å². The van der Waals surface area contributed by atoms with E-state index in [1.807, 2.05) is 24.3 Å². The van der Waals surface area contributed by atoms with Crippen molar-refractivity contribution in [3.63, 3.8) is 0 Å². The van der Waals surface area contributed by atoms with Crippen LogP contribution in [-0.2, 0) is 13.0 Å². The number of carbonyl (C=O) groups is 1. The number of aromatic hydroxyl groups is 1. The molecule has 0 aliphatic rings. The van der Waals surface area contributed by atoms with E-state index in [0.29, 0.717) is 23.4 Å². The van der Waals surface area contributed by atoms with Gasteiger partial charge in [0, 0.05) is 33.1 Å². The standard InChI is InChI=1S/C19H18ClNO3S/c20-13-5-3-12(4-6-13)11-21-19(24)15-7-8-17-16(18(15)23)10-14(25-17)2-1-9-22/h3-8,10,22-23H,1-2,9,11H2,(H,21,24). The van der Waals surface area contributed by atoms with Crippen molar-refractivity contribution in [2.75, 3.05) is 6.61 Å². The van der Waals surface area contributed by atoms with Crippen molar-refractivity contribution in [2.45, 2.75) is 19.4 Å². The van der Waals surface area contributed by atoms with Crippen LogP contribution in [-0.4, -0.2) is 22.7 Å². The molecule has 0 aliphatic carbocycles. The SMILES string of the molecule is O=C(NCc1ccc(Cl)cc1)c1ccc2sc(CCCO)cc2c1O. The Morgan fingerprint density at radius 1 is 1.16 bits per heavy atom. The third-order valence-electron chi connectivity index (χ3n) is 3.92. The Labute approximate surface area is 154 Å². The first-order valence-corrected chi connectivity index (χ1v) is 9.16. The van der Waals surface area contributed by atoms with Gasteiger partial charge in [0.25, 0.3) is 5.91 Å². The molecule has 0 saturated heterocycles. The zero-order chi connectivity index (χ0) is 17.8. The molecule has 1 amide bonds. The third kappa shape index (κ3) is 4.12. The molecule has 0 atom stereocenters. The van der Waals surface area contributed by atoms with E-state index in [-0.39, 0.29) is 23.8 Å². The minimum atomic E-state index is -0.322. The lowest BCUT2D eigenvalue weighted by Crippen LogP contribution is -2.22. The third-order valence-corrected chi connectivity index (χ3v) is 5.33. The number of amides is 1. The molecule has 0 radical (unpaired) electrons. The van der Waals surface area contributed by atoms with Crippen LogP contribution in [0.1, 0.15) is 27.2 Å². The van der Waals surface area contributed by atoms with E-state index < -0.39 is 0 Å². The van der Waals surface area contributed by atoms with E-state index in [4.69, 9.17) is 16.7 Å². The molecule has 3 rings (SSSR count). The van der Waals surface area contributed by atoms with Gasteiger partial charge in [-0.05, 0) is 48.7 Å². The number of thiophene rings is 1. The number of phenols is 1. The van der Waals surface area contributed by atoms with Gasteiger partial charge in [-0.1, -0.05) is 23.7 Å². The quantitative estimate of drug-likeness (QED) is 0.607. The van der Waals surface area contributed by atoms with Crippen LogP contribution >= 0.6 is 22.9 Å². The lowest BCUT2D eigenvalue weighted by molar-refractivity contribution is 0.0948. The molecule has 4 nitrogen and oxygen atoms in total. The second-order valence-corrected chi connectivity index (χ2v) is 7.33. The minimum Gasteiger partial charge on any atom is -0.506 e. The number of carbonyl (C=O) groups excluding carboxylic acids is 1. The van der Waals surface area contributed by atoms with Crippen molar-refractivity contribution in [2.24, 2.45) is 0 Å². The summed E-state index contributed by atoms with van der Waals surface area (Å²) in [4.78, 5) is 13.5. The summed E-state index contributed by atoms with van der Waals surface area (Å²) in [7, 11) is 0. The maximum atomic E-state index is 12.4. The summed E-state index contributed by atoms with van der Waals surface area (Å²) in [6.45, 7) is 0.497. The van der Waals surface area contributed by atoms with Crippen LogP contribution in [0.25, 0.3) is 10.1 Å². The van der Waals surface area contributed by atoms with Crippen LogP contribution < -0.4 is 5.32 Å². The Bertz CT molecular complexity index is 890. The van der Waals surface area contributed by atoms with E-state index in [1.165, 1.54) is 0 Å². The summed E-state index contributed by atoms with van der Waals surface area (Å²) in [6.07, 6.45) is 1.44. The van der Waals surface area contributed by atoms with Gasteiger partial charge in [-0.3, -0.25) is 4.79 Å². The largest absolute Gasteiger partial charge is 0.506 e. The van der Waals surface area contributed by atoms with Gasteiger partial charge in [0.1, 0.15) is 5.75 Å². The molecule has 0 aliphatic heterocycles. The number of fused-ring (bicyclic) bond motifs is 1. The molecular formula is C19H18ClNO3S. The van der Waals surface area contributed by atoms with E-state index in [2.05, 4.69) is 5.32 Å². The fraction of sp³-hybridized carbons (Fsp3) is 0.211. The first-order chi connectivity index (χ1) is 12.1. The number of aliphatic hydroxyl groups is 1. The summed E-state index contributed by atoms with van der Waals surface area (Å²) in [6, 6.07) is 12.6. The molecule has 3 N–H and O–H groups in total. The summed E-state index contributed by atoms with van der Waals surface area (Å²) in [5.74, 6) is -0.324. The summed E-state index contributed by atoms with van der Waals surface area (Å²) in [5, 5.41) is 23.5. The van der Waals surface area contributed by atoms with Crippen LogP contribution in [0.5, 0.6) is 5.75 Å². The first kappa shape index (κ1) is 17.7. The molecule has 0 saturated carbocycles. The van der Waals surface area contributed by atoms with Gasteiger partial charge in [0.05, 0.1) is 5.56 Å². The Morgan fingerprint density at radius 2 is 1.92 bits per heavy atom. The Kier molecular flexibility index (Phi) is 5.58. The first-order valence-electron chi connectivity index (χ1n) is 7.96. The second-order valence-electron chi connectivity index (χ2n) is 5.72. The highest BCUT2D eigenvalue weighted by Crippen LogP contribution is 2.35. The fourth-order valence-corrected chi connectivity index (χ4v) is 3.82. The van der Waals surface area contributed by atoms with Gasteiger partial charge in [-0.25, -0.2) is 0 Å². The van der Waals surface area contributed by atoms with E-state index in [9.17, 15) is 9.90 Å². The van der Waals surface area contributed by atoms with Gasteiger partial charge in [0.15, 0.2) is 0 Å². The number of aryl methyl sites for hydroxylation is 1. The van der Waals surface area contributed by atoms with Gasteiger partial charge in [-0.15, -0.1) is 11.3 Å². The highest BCUT2D eigenvalue weighted by atomic mass is 35.5. The molecular weight excluding hydrogens is 358 g/mol. The molecule has 25 heavy (non-hydrogen) atoms. The maximum Gasteiger partial charge on any atom is 0.255 e. The predicted octanol–water partition coefficient (Wildman–Crippen LogP) is 4.12. The number of aliphatic hydroxyl groups excluding tert-OH is 1. The Hall–Kier alpha value is -2.08. The van der Waals surface area contributed by atoms with Crippen LogP contribution in [0.4, 0.5) is 0 Å². The van der Waals surface area contributed by atoms with Gasteiger partial charge < -0.3 is 15.5 Å². The van der Waals surface area contributed by atoms with E-state index in [1.54, 1.807) is 29.5 Å². The number of nitrogens with one attached hydrogen (secondary N) is 1. The fourth-order valence-electron chi connectivity index (χ4n) is 2.59. The number of phenolic OH excluding ortho intramolecular Hbond substituents is 1. The van der Waals surface area contributed by atoms with Gasteiger partial charge >= 0.3 is 0 Å². The Morgan fingerprint density at radius 3 is 2.64 bits per heavy atom. The summed E-state index contributed by atoms with van der Waals surface area (Å²) >= 11 is 7.41. The van der Waals surface area contributed by atoms with Crippen molar-refractivity contribution in [1.29, 1.82) is 0 Å². The molecule has 0 fully saturated rings. The van der Waals surface area contributed by atoms with Crippen molar-refractivity contribution in [1.82, 2.24) is 5.32 Å². The van der Waals surface area contributed by atoms with Crippen LogP contribution in [0.3, 0.4) is 0 Å². The molecule has 3 aromatic rings. The van der Waals surface area contributed by atoms with Crippen LogP contribution in [0.15, 0.2) is 42.5 Å². The number of benzene rings is 2. The van der Waals surface area contributed by atoms with Gasteiger partial charge in [-0.2, -0.15) is 0 Å². The molecule has 0 unspecified atom stereocenters. The highest BCUT2D eigenvalue weighted by Gasteiger charge is 2.15. The lowest BCUT2D eigenvalue weighted by atomic mass is 10.1. The smallest absolute Gasteiger partial charge is 0.255 e. The zero-order valence-corrected chi connectivity index (χ0v) is 15.0. The van der Waals surface area contributed by atoms with Crippen LogP contribution in [0.2, 0.25) is 5.02 Å². The second kappa shape index (κ2) is 7.87. The molecule has 0 bridgehead atoms. The number of hydrogen-bond donors (Lipinski definition) is 3. The summed E-state index contributed by atoms with van der Waals surface area (Å²) in [5.41, 5.74) is 1.19. The van der Waals surface area contributed by atoms with Crippen molar-refractivity contribution < 1.29 is 15.0 Å². The average molecular weight is 376 g/mol. The molecule has 130 valence electrons. The Balaban J connectivity index is 1.76. The molecule has 6 heteroatoms. The number of hydrogen-bond acceptors (Lipinski definition) is 4. The topological polar surface area (TPSA) is 69.6 Å². The van der Waals surface area contributed by atoms with Crippen LogP contribution in [0, 0.1) is 0 Å². The number of halogens is 1. The number of rotatable bonds is 6. The normalized spacial score (nSPS) is 11.0. The zero-order valence-electron chi connectivity index (χ0n) is 13.5. The lowest BCUT2D eigenvalue weighted by Gasteiger charge is -2.08. The van der Waals surface area contributed by atoms with Crippen molar-refractivity contribution in [3.8, 4) is 5.75 Å². The van der Waals surface area contributed by atoms with E-state index >= 15 is 0 Å². The summed E-state index contributed by atoms with van der Waals surface area (Å²) < 4.78 is 0.930. The maximum absolute atomic E-state index is 12.4. The molecule has 2 aromatic carbocycles. The minimum absolute atomic E-state index is 0.00222. The van der Waals surface area contributed by atoms with Crippen molar-refractivity contribution in [3.05, 3.63) is 63.5 Å². The highest BCUT2D eigenvalue weighted by molar-refractivity contribution is 7.19. The molecule has 1 aromatic heterocycles. The molecule has 0 spiro atoms. The average Bonchev–Trinajstić information content (AvgIpc) is 3.03.